The van der Waals surface area contributed by atoms with Gasteiger partial charge < -0.3 is 0 Å². The summed E-state index contributed by atoms with van der Waals surface area (Å²) in [6.45, 7) is 1.99. The van der Waals surface area contributed by atoms with Crippen LogP contribution in [0.1, 0.15) is 18.1 Å². The minimum Gasteiger partial charge on any atom is -0.287 e. The maximum atomic E-state index is 13.0. The van der Waals surface area contributed by atoms with Gasteiger partial charge in [0.15, 0.2) is 0 Å². The zero-order valence-electron chi connectivity index (χ0n) is 11.5. The van der Waals surface area contributed by atoms with Crippen molar-refractivity contribution in [2.24, 2.45) is 4.99 Å². The van der Waals surface area contributed by atoms with Gasteiger partial charge in [0.2, 0.25) is 0 Å². The molecular formula is C17H16FNS. The second-order valence-electron chi connectivity index (χ2n) is 4.16. The topological polar surface area (TPSA) is 12.4 Å². The molecule has 0 aliphatic rings. The minimum absolute atomic E-state index is 0.235. The molecule has 2 aromatic carbocycles. The molecule has 2 rings (SSSR count). The summed E-state index contributed by atoms with van der Waals surface area (Å²) < 4.78 is 13.0. The first kappa shape index (κ1) is 14.5. The first-order valence-corrected chi connectivity index (χ1v) is 7.24. The van der Waals surface area contributed by atoms with E-state index in [1.165, 1.54) is 12.1 Å². The van der Waals surface area contributed by atoms with Gasteiger partial charge in [-0.2, -0.15) is 0 Å². The van der Waals surface area contributed by atoms with Crippen molar-refractivity contribution >= 4 is 17.5 Å². The summed E-state index contributed by atoms with van der Waals surface area (Å²) in [5.74, 6) is -0.235. The van der Waals surface area contributed by atoms with Crippen LogP contribution in [-0.4, -0.2) is 12.8 Å². The Labute approximate surface area is 123 Å². The average Bonchev–Trinajstić information content (AvgIpc) is 2.49. The quantitative estimate of drug-likeness (QED) is 0.574. The van der Waals surface area contributed by atoms with Crippen molar-refractivity contribution in [1.82, 2.24) is 0 Å². The summed E-state index contributed by atoms with van der Waals surface area (Å²) >= 11 is 1.65. The molecule has 0 spiro atoms. The molecule has 2 aromatic rings. The number of thioether (sulfide) groups is 1. The van der Waals surface area contributed by atoms with Crippen LogP contribution in [0, 0.1) is 5.82 Å². The van der Waals surface area contributed by atoms with Crippen LogP contribution < -0.4 is 0 Å². The van der Waals surface area contributed by atoms with E-state index < -0.39 is 0 Å². The Hall–Kier alpha value is -1.87. The van der Waals surface area contributed by atoms with Gasteiger partial charge in [-0.3, -0.25) is 4.99 Å². The number of aliphatic imine (C=N–C) groups is 1. The average molecular weight is 285 g/mol. The number of halogens is 1. The van der Waals surface area contributed by atoms with Crippen molar-refractivity contribution in [2.45, 2.75) is 11.8 Å². The molecule has 20 heavy (non-hydrogen) atoms. The van der Waals surface area contributed by atoms with Crippen LogP contribution in [0.15, 0.2) is 69.9 Å². The molecule has 0 radical (unpaired) electrons. The molecule has 0 N–H and O–H groups in total. The fourth-order valence-corrected chi connectivity index (χ4v) is 2.65. The summed E-state index contributed by atoms with van der Waals surface area (Å²) in [6.07, 6.45) is 2.00. The molecule has 0 atom stereocenters. The molecule has 0 aliphatic carbocycles. The summed E-state index contributed by atoms with van der Waals surface area (Å²) in [4.78, 5) is 5.52. The Morgan fingerprint density at radius 2 is 1.80 bits per heavy atom. The van der Waals surface area contributed by atoms with Crippen LogP contribution in [0.3, 0.4) is 0 Å². The lowest BCUT2D eigenvalue weighted by molar-refractivity contribution is 0.628. The van der Waals surface area contributed by atoms with Gasteiger partial charge >= 0.3 is 0 Å². The second-order valence-corrected chi connectivity index (χ2v) is 5.11. The van der Waals surface area contributed by atoms with Gasteiger partial charge in [0.25, 0.3) is 0 Å². The van der Waals surface area contributed by atoms with E-state index in [9.17, 15) is 4.39 Å². The number of hydrogen-bond donors (Lipinski definition) is 0. The Morgan fingerprint density at radius 1 is 1.10 bits per heavy atom. The van der Waals surface area contributed by atoms with Gasteiger partial charge in [-0.25, -0.2) is 4.39 Å². The predicted molar refractivity (Wildman–Crippen MR) is 85.1 cm³/mol. The number of rotatable bonds is 4. The van der Waals surface area contributed by atoms with Crippen molar-refractivity contribution < 1.29 is 4.39 Å². The van der Waals surface area contributed by atoms with E-state index in [2.05, 4.69) is 11.1 Å². The number of nitrogens with zero attached hydrogens (tertiary/aromatic N) is 1. The van der Waals surface area contributed by atoms with Crippen LogP contribution >= 0.6 is 11.8 Å². The molecule has 0 heterocycles. The van der Waals surface area contributed by atoms with Crippen LogP contribution in [-0.2, 0) is 0 Å². The van der Waals surface area contributed by atoms with Crippen LogP contribution in [0.5, 0.6) is 0 Å². The maximum absolute atomic E-state index is 13.0. The van der Waals surface area contributed by atoms with Gasteiger partial charge in [-0.1, -0.05) is 36.0 Å². The molecule has 0 bridgehead atoms. The number of allylic oxidation sites excluding steroid dienone is 1. The smallest absolute Gasteiger partial charge is 0.123 e. The van der Waals surface area contributed by atoms with Gasteiger partial charge in [-0.05, 0) is 42.7 Å². The van der Waals surface area contributed by atoms with Gasteiger partial charge in [0.1, 0.15) is 5.82 Å². The first-order valence-electron chi connectivity index (χ1n) is 6.36. The van der Waals surface area contributed by atoms with E-state index in [4.69, 9.17) is 0 Å². The van der Waals surface area contributed by atoms with E-state index in [0.29, 0.717) is 0 Å². The third kappa shape index (κ3) is 3.36. The summed E-state index contributed by atoms with van der Waals surface area (Å²) in [5, 5.41) is 2.04. The molecule has 0 amide bonds. The fraction of sp³-hybridized carbons (Fsp3) is 0.118. The molecule has 1 nitrogen and oxygen atoms in total. The fourth-order valence-electron chi connectivity index (χ4n) is 1.92. The van der Waals surface area contributed by atoms with E-state index >= 15 is 0 Å². The zero-order chi connectivity index (χ0) is 14.4. The first-order chi connectivity index (χ1) is 9.76. The monoisotopic (exact) mass is 285 g/mol. The van der Waals surface area contributed by atoms with Crippen molar-refractivity contribution in [3.8, 4) is 0 Å². The Morgan fingerprint density at radius 3 is 2.45 bits per heavy atom. The highest BCUT2D eigenvalue weighted by molar-refractivity contribution is 8.02. The highest BCUT2D eigenvalue weighted by Gasteiger charge is 2.10. The minimum atomic E-state index is -0.235. The molecule has 0 saturated carbocycles. The normalized spacial score (nSPS) is 12.1. The largest absolute Gasteiger partial charge is 0.287 e. The molecule has 0 aromatic heterocycles. The van der Waals surface area contributed by atoms with Gasteiger partial charge in [-0.15, -0.1) is 0 Å². The molecule has 102 valence electrons. The third-order valence-corrected chi connectivity index (χ3v) is 3.83. The lowest BCUT2D eigenvalue weighted by atomic mass is 10.0. The zero-order valence-corrected chi connectivity index (χ0v) is 12.3. The molecular weight excluding hydrogens is 269 g/mol. The molecule has 0 fully saturated rings. The van der Waals surface area contributed by atoms with Crippen molar-refractivity contribution in [1.29, 1.82) is 0 Å². The van der Waals surface area contributed by atoms with E-state index in [1.807, 2.05) is 36.6 Å². The molecule has 0 saturated heterocycles. The van der Waals surface area contributed by atoms with Crippen LogP contribution in [0.2, 0.25) is 0 Å². The second kappa shape index (κ2) is 7.06. The Kier molecular flexibility index (Phi) is 5.13. The Bertz CT molecular complexity index is 630. The summed E-state index contributed by atoms with van der Waals surface area (Å²) in [7, 11) is 1.76. The Balaban J connectivity index is 2.45. The summed E-state index contributed by atoms with van der Waals surface area (Å²) in [6, 6.07) is 14.5. The van der Waals surface area contributed by atoms with Gasteiger partial charge in [0, 0.05) is 23.1 Å². The van der Waals surface area contributed by atoms with Crippen LogP contribution in [0.25, 0.3) is 0 Å². The standard InChI is InChI=1S/C17H16FNS/c1-3-12-20-16-7-5-4-6-15(16)17(19-2)13-8-10-14(18)11-9-13/h3-12H,1-2H3/b12-3+,19-17?. The van der Waals surface area contributed by atoms with E-state index in [1.54, 1.807) is 30.9 Å². The van der Waals surface area contributed by atoms with Crippen molar-refractivity contribution in [2.75, 3.05) is 7.05 Å². The lowest BCUT2D eigenvalue weighted by Gasteiger charge is -2.10. The van der Waals surface area contributed by atoms with Gasteiger partial charge in [0.05, 0.1) is 5.71 Å². The third-order valence-electron chi connectivity index (χ3n) is 2.81. The highest BCUT2D eigenvalue weighted by Crippen LogP contribution is 2.26. The molecule has 0 unspecified atom stereocenters. The van der Waals surface area contributed by atoms with Crippen molar-refractivity contribution in [3.63, 3.8) is 0 Å². The van der Waals surface area contributed by atoms with E-state index in [0.717, 1.165) is 21.7 Å². The van der Waals surface area contributed by atoms with Crippen molar-refractivity contribution in [3.05, 3.63) is 77.0 Å². The number of benzene rings is 2. The summed E-state index contributed by atoms with van der Waals surface area (Å²) in [5.41, 5.74) is 2.85. The highest BCUT2D eigenvalue weighted by atomic mass is 32.2. The molecule has 0 aliphatic heterocycles. The number of hydrogen-bond acceptors (Lipinski definition) is 2. The maximum Gasteiger partial charge on any atom is 0.123 e. The SMILES string of the molecule is C/C=C/Sc1ccccc1C(=NC)c1ccc(F)cc1. The molecule has 3 heteroatoms. The lowest BCUT2D eigenvalue weighted by Crippen LogP contribution is -2.04. The van der Waals surface area contributed by atoms with E-state index in [-0.39, 0.29) is 5.82 Å². The van der Waals surface area contributed by atoms with Crippen LogP contribution in [0.4, 0.5) is 4.39 Å². The predicted octanol–water partition coefficient (Wildman–Crippen LogP) is 4.92.